The molecule has 5 heteroatoms. The molecule has 0 amide bonds. The lowest BCUT2D eigenvalue weighted by molar-refractivity contribution is -0.385. The van der Waals surface area contributed by atoms with Crippen molar-refractivity contribution in [1.82, 2.24) is 0 Å². The Balaban J connectivity index is 2.07. The summed E-state index contributed by atoms with van der Waals surface area (Å²) >= 11 is 0. The lowest BCUT2D eigenvalue weighted by Crippen LogP contribution is -2.37. The van der Waals surface area contributed by atoms with Gasteiger partial charge >= 0.3 is 0 Å². The van der Waals surface area contributed by atoms with Crippen LogP contribution in [0.3, 0.4) is 0 Å². The third-order valence-electron chi connectivity index (χ3n) is 3.82. The number of ether oxygens (including phenoxy) is 1. The lowest BCUT2D eigenvalue weighted by Gasteiger charge is -2.34. The predicted molar refractivity (Wildman–Crippen MR) is 79.3 cm³/mol. The van der Waals surface area contributed by atoms with Crippen molar-refractivity contribution in [3.63, 3.8) is 0 Å². The van der Waals surface area contributed by atoms with Crippen molar-refractivity contribution < 1.29 is 9.66 Å². The molecule has 1 saturated heterocycles. The van der Waals surface area contributed by atoms with Crippen molar-refractivity contribution in [2.75, 3.05) is 31.2 Å². The van der Waals surface area contributed by atoms with Crippen LogP contribution in [-0.4, -0.2) is 31.2 Å². The van der Waals surface area contributed by atoms with Crippen molar-refractivity contribution in [2.45, 2.75) is 26.7 Å². The zero-order chi connectivity index (χ0) is 14.5. The Morgan fingerprint density at radius 3 is 2.95 bits per heavy atom. The van der Waals surface area contributed by atoms with Crippen molar-refractivity contribution in [1.29, 1.82) is 0 Å². The minimum absolute atomic E-state index is 0.191. The van der Waals surface area contributed by atoms with E-state index in [1.165, 1.54) is 6.42 Å². The normalized spacial score (nSPS) is 19.1. The van der Waals surface area contributed by atoms with Crippen molar-refractivity contribution in [3.8, 4) is 0 Å². The van der Waals surface area contributed by atoms with Crippen LogP contribution < -0.4 is 4.90 Å². The lowest BCUT2D eigenvalue weighted by atomic mass is 9.98. The molecule has 1 aromatic rings. The van der Waals surface area contributed by atoms with Crippen LogP contribution in [0, 0.1) is 23.0 Å². The van der Waals surface area contributed by atoms with Crippen molar-refractivity contribution in [2.24, 2.45) is 5.92 Å². The first-order chi connectivity index (χ1) is 9.61. The Labute approximate surface area is 119 Å². The number of aryl methyl sites for hydroxylation is 1. The highest BCUT2D eigenvalue weighted by Crippen LogP contribution is 2.27. The summed E-state index contributed by atoms with van der Waals surface area (Å²) in [5, 5.41) is 10.9. The summed E-state index contributed by atoms with van der Waals surface area (Å²) in [6.07, 6.45) is 2.34. The number of hydrogen-bond donors (Lipinski definition) is 0. The first kappa shape index (κ1) is 14.8. The first-order valence-electron chi connectivity index (χ1n) is 7.19. The van der Waals surface area contributed by atoms with E-state index in [4.69, 9.17) is 4.74 Å². The van der Waals surface area contributed by atoms with E-state index in [1.54, 1.807) is 13.0 Å². The highest BCUT2D eigenvalue weighted by molar-refractivity contribution is 5.55. The molecule has 110 valence electrons. The number of nitro groups is 1. The second-order valence-electron chi connectivity index (χ2n) is 5.34. The van der Waals surface area contributed by atoms with E-state index < -0.39 is 0 Å². The van der Waals surface area contributed by atoms with E-state index >= 15 is 0 Å². The summed E-state index contributed by atoms with van der Waals surface area (Å²) in [5.41, 5.74) is 1.99. The maximum absolute atomic E-state index is 10.9. The minimum Gasteiger partial charge on any atom is -0.381 e. The number of nitro benzene ring substituents is 1. The fourth-order valence-electron chi connectivity index (χ4n) is 2.76. The van der Waals surface area contributed by atoms with E-state index in [0.29, 0.717) is 5.92 Å². The van der Waals surface area contributed by atoms with Gasteiger partial charge in [-0.2, -0.15) is 0 Å². The van der Waals surface area contributed by atoms with Gasteiger partial charge in [0.1, 0.15) is 0 Å². The number of anilines is 1. The zero-order valence-corrected chi connectivity index (χ0v) is 12.2. The molecule has 0 spiro atoms. The summed E-state index contributed by atoms with van der Waals surface area (Å²) < 4.78 is 5.52. The third kappa shape index (κ3) is 3.48. The van der Waals surface area contributed by atoms with Crippen LogP contribution in [0.2, 0.25) is 0 Å². The second kappa shape index (κ2) is 6.70. The van der Waals surface area contributed by atoms with Gasteiger partial charge in [-0.1, -0.05) is 0 Å². The Bertz CT molecular complexity index is 476. The molecule has 1 unspecified atom stereocenters. The molecular formula is C15H22N2O3. The van der Waals surface area contributed by atoms with E-state index in [9.17, 15) is 10.1 Å². The molecule has 1 atom stereocenters. The van der Waals surface area contributed by atoms with Crippen LogP contribution in [0.5, 0.6) is 0 Å². The molecule has 2 rings (SSSR count). The molecule has 0 bridgehead atoms. The molecule has 0 aliphatic carbocycles. The van der Waals surface area contributed by atoms with Gasteiger partial charge in [0.15, 0.2) is 0 Å². The first-order valence-corrected chi connectivity index (χ1v) is 7.19. The molecule has 0 radical (unpaired) electrons. The standard InChI is InChI=1S/C15H22N2O3/c1-3-20-11-13-5-4-8-16(10-13)14-6-7-15(17(18)19)12(2)9-14/h6-7,9,13H,3-5,8,10-11H2,1-2H3. The van der Waals surface area contributed by atoms with Crippen LogP contribution in [0.25, 0.3) is 0 Å². The quantitative estimate of drug-likeness (QED) is 0.613. The molecule has 20 heavy (non-hydrogen) atoms. The molecule has 1 heterocycles. The average molecular weight is 278 g/mol. The minimum atomic E-state index is -0.326. The molecule has 0 aromatic heterocycles. The van der Waals surface area contributed by atoms with Gasteiger partial charge in [-0.3, -0.25) is 10.1 Å². The highest BCUT2D eigenvalue weighted by atomic mass is 16.6. The summed E-state index contributed by atoms with van der Waals surface area (Å²) in [4.78, 5) is 12.8. The topological polar surface area (TPSA) is 55.6 Å². The van der Waals surface area contributed by atoms with Gasteiger partial charge < -0.3 is 9.64 Å². The molecule has 1 aromatic carbocycles. The Kier molecular flexibility index (Phi) is 4.95. The fourth-order valence-corrected chi connectivity index (χ4v) is 2.76. The van der Waals surface area contributed by atoms with Gasteiger partial charge in [-0.05, 0) is 44.7 Å². The molecule has 1 aliphatic heterocycles. The number of rotatable bonds is 5. The molecule has 1 fully saturated rings. The number of nitrogens with zero attached hydrogens (tertiary/aromatic N) is 2. The zero-order valence-electron chi connectivity index (χ0n) is 12.2. The van der Waals surface area contributed by atoms with Crippen LogP contribution in [-0.2, 0) is 4.74 Å². The molecule has 0 saturated carbocycles. The van der Waals surface area contributed by atoms with Gasteiger partial charge in [-0.15, -0.1) is 0 Å². The Morgan fingerprint density at radius 1 is 1.50 bits per heavy atom. The number of piperidine rings is 1. The highest BCUT2D eigenvalue weighted by Gasteiger charge is 2.21. The summed E-state index contributed by atoms with van der Waals surface area (Å²) in [6, 6.07) is 5.38. The van der Waals surface area contributed by atoms with Crippen LogP contribution >= 0.6 is 0 Å². The number of benzene rings is 1. The fraction of sp³-hybridized carbons (Fsp3) is 0.600. The van der Waals surface area contributed by atoms with E-state index in [0.717, 1.165) is 44.0 Å². The predicted octanol–water partition coefficient (Wildman–Crippen LogP) is 3.16. The third-order valence-corrected chi connectivity index (χ3v) is 3.82. The second-order valence-corrected chi connectivity index (χ2v) is 5.34. The van der Waals surface area contributed by atoms with Gasteiger partial charge in [0.2, 0.25) is 0 Å². The smallest absolute Gasteiger partial charge is 0.272 e. The maximum atomic E-state index is 10.9. The van der Waals surface area contributed by atoms with Gasteiger partial charge in [-0.25, -0.2) is 0 Å². The number of hydrogen-bond acceptors (Lipinski definition) is 4. The van der Waals surface area contributed by atoms with Crippen molar-refractivity contribution >= 4 is 11.4 Å². The largest absolute Gasteiger partial charge is 0.381 e. The van der Waals surface area contributed by atoms with Gasteiger partial charge in [0.25, 0.3) is 5.69 Å². The van der Waals surface area contributed by atoms with Gasteiger partial charge in [0.05, 0.1) is 11.5 Å². The van der Waals surface area contributed by atoms with E-state index in [-0.39, 0.29) is 10.6 Å². The summed E-state index contributed by atoms with van der Waals surface area (Å²) in [5.74, 6) is 0.555. The molecule has 1 aliphatic rings. The molecule has 5 nitrogen and oxygen atoms in total. The van der Waals surface area contributed by atoms with Crippen molar-refractivity contribution in [3.05, 3.63) is 33.9 Å². The van der Waals surface area contributed by atoms with E-state index in [1.807, 2.05) is 19.1 Å². The van der Waals surface area contributed by atoms with Crippen LogP contribution in [0.4, 0.5) is 11.4 Å². The summed E-state index contributed by atoms with van der Waals surface area (Å²) in [6.45, 7) is 7.35. The summed E-state index contributed by atoms with van der Waals surface area (Å²) in [7, 11) is 0. The van der Waals surface area contributed by atoms with Crippen LogP contribution in [0.1, 0.15) is 25.3 Å². The average Bonchev–Trinajstić information content (AvgIpc) is 2.45. The monoisotopic (exact) mass is 278 g/mol. The SMILES string of the molecule is CCOCC1CCCN(c2ccc([N+](=O)[O-])c(C)c2)C1. The van der Waals surface area contributed by atoms with E-state index in [2.05, 4.69) is 4.90 Å². The molecule has 0 N–H and O–H groups in total. The molecular weight excluding hydrogens is 256 g/mol. The Hall–Kier alpha value is -1.62. The Morgan fingerprint density at radius 2 is 2.30 bits per heavy atom. The van der Waals surface area contributed by atoms with Crippen LogP contribution in [0.15, 0.2) is 18.2 Å². The van der Waals surface area contributed by atoms with Gasteiger partial charge in [0, 0.05) is 37.0 Å². The maximum Gasteiger partial charge on any atom is 0.272 e.